The number of nitrogens with one attached hydrogen (secondary N) is 2. The van der Waals surface area contributed by atoms with E-state index in [2.05, 4.69) is 41.4 Å². The first-order chi connectivity index (χ1) is 8.97. The van der Waals surface area contributed by atoms with Crippen molar-refractivity contribution >= 4 is 11.6 Å². The minimum atomic E-state index is -0.0609. The third-order valence-electron chi connectivity index (χ3n) is 2.63. The fourth-order valence-corrected chi connectivity index (χ4v) is 1.54. The lowest BCUT2D eigenvalue weighted by molar-refractivity contribution is 0.147. The molecule has 0 spiro atoms. The molecule has 0 aliphatic rings. The van der Waals surface area contributed by atoms with Crippen molar-refractivity contribution in [1.82, 2.24) is 9.97 Å². The minimum absolute atomic E-state index is 0.0609. The predicted molar refractivity (Wildman–Crippen MR) is 79.9 cm³/mol. The molecular weight excluding hydrogens is 240 g/mol. The molecule has 0 unspecified atom stereocenters. The van der Waals surface area contributed by atoms with Crippen LogP contribution in [0.2, 0.25) is 0 Å². The van der Waals surface area contributed by atoms with E-state index in [1.54, 1.807) is 0 Å². The zero-order valence-corrected chi connectivity index (χ0v) is 12.7. The second-order valence-corrected chi connectivity index (χ2v) is 5.44. The SMILES string of the molecule is CCOCCCNc1cc(NC)nc(C(C)(C)C)n1. The van der Waals surface area contributed by atoms with E-state index in [4.69, 9.17) is 4.74 Å². The van der Waals surface area contributed by atoms with Crippen LogP contribution in [-0.4, -0.2) is 36.8 Å². The molecule has 1 rings (SSSR count). The van der Waals surface area contributed by atoms with Crippen molar-refractivity contribution in [3.63, 3.8) is 0 Å². The van der Waals surface area contributed by atoms with Crippen LogP contribution in [0.4, 0.5) is 11.6 Å². The van der Waals surface area contributed by atoms with Crippen LogP contribution in [0.5, 0.6) is 0 Å². The zero-order chi connectivity index (χ0) is 14.3. The van der Waals surface area contributed by atoms with Crippen LogP contribution in [0.1, 0.15) is 39.9 Å². The van der Waals surface area contributed by atoms with Crippen LogP contribution < -0.4 is 10.6 Å². The van der Waals surface area contributed by atoms with E-state index in [1.807, 2.05) is 20.0 Å². The first-order valence-electron chi connectivity index (χ1n) is 6.86. The van der Waals surface area contributed by atoms with Crippen molar-refractivity contribution < 1.29 is 4.74 Å². The summed E-state index contributed by atoms with van der Waals surface area (Å²) in [5.41, 5.74) is -0.0609. The quantitative estimate of drug-likeness (QED) is 0.743. The van der Waals surface area contributed by atoms with Gasteiger partial charge in [0.1, 0.15) is 17.5 Å². The molecule has 0 saturated heterocycles. The number of hydrogen-bond acceptors (Lipinski definition) is 5. The van der Waals surface area contributed by atoms with Gasteiger partial charge in [-0.05, 0) is 13.3 Å². The maximum Gasteiger partial charge on any atom is 0.138 e. The highest BCUT2D eigenvalue weighted by molar-refractivity contribution is 5.47. The van der Waals surface area contributed by atoms with Gasteiger partial charge in [0, 0.05) is 38.3 Å². The first-order valence-corrected chi connectivity index (χ1v) is 6.86. The van der Waals surface area contributed by atoms with Crippen LogP contribution in [0.15, 0.2) is 6.07 Å². The standard InChI is InChI=1S/C14H26N4O/c1-6-19-9-7-8-16-12-10-11(15-5)17-13(18-12)14(2,3)4/h10H,6-9H2,1-5H3,(H2,15,16,17,18). The molecule has 0 aliphatic heterocycles. The molecule has 2 N–H and O–H groups in total. The van der Waals surface area contributed by atoms with Crippen molar-refractivity contribution in [2.45, 2.75) is 39.5 Å². The van der Waals surface area contributed by atoms with E-state index in [1.165, 1.54) is 0 Å². The van der Waals surface area contributed by atoms with Gasteiger partial charge in [0.2, 0.25) is 0 Å². The lowest BCUT2D eigenvalue weighted by Crippen LogP contribution is -2.18. The second kappa shape index (κ2) is 7.28. The van der Waals surface area contributed by atoms with Gasteiger partial charge in [0.15, 0.2) is 0 Å². The van der Waals surface area contributed by atoms with Crippen LogP contribution >= 0.6 is 0 Å². The minimum Gasteiger partial charge on any atom is -0.382 e. The highest BCUT2D eigenvalue weighted by atomic mass is 16.5. The Balaban J connectivity index is 2.67. The molecule has 5 nitrogen and oxygen atoms in total. The summed E-state index contributed by atoms with van der Waals surface area (Å²) >= 11 is 0. The Hall–Kier alpha value is -1.36. The second-order valence-electron chi connectivity index (χ2n) is 5.44. The van der Waals surface area contributed by atoms with Gasteiger partial charge in [-0.25, -0.2) is 9.97 Å². The summed E-state index contributed by atoms with van der Waals surface area (Å²) in [5.74, 6) is 2.54. The van der Waals surface area contributed by atoms with E-state index in [0.29, 0.717) is 0 Å². The van der Waals surface area contributed by atoms with E-state index in [-0.39, 0.29) is 5.41 Å². The molecule has 5 heteroatoms. The normalized spacial score (nSPS) is 11.4. The summed E-state index contributed by atoms with van der Waals surface area (Å²) in [6, 6.07) is 1.93. The van der Waals surface area contributed by atoms with E-state index in [0.717, 1.165) is 43.6 Å². The highest BCUT2D eigenvalue weighted by Crippen LogP contribution is 2.22. The average molecular weight is 266 g/mol. The molecule has 1 aromatic heterocycles. The third kappa shape index (κ3) is 5.42. The molecule has 1 aromatic rings. The van der Waals surface area contributed by atoms with Crippen molar-refractivity contribution in [2.75, 3.05) is 37.4 Å². The Morgan fingerprint density at radius 2 is 1.89 bits per heavy atom. The summed E-state index contributed by atoms with van der Waals surface area (Å²) in [5, 5.41) is 6.39. The van der Waals surface area contributed by atoms with Crippen LogP contribution in [-0.2, 0) is 10.2 Å². The largest absolute Gasteiger partial charge is 0.382 e. The van der Waals surface area contributed by atoms with Gasteiger partial charge in [-0.15, -0.1) is 0 Å². The van der Waals surface area contributed by atoms with Gasteiger partial charge in [-0.2, -0.15) is 0 Å². The van der Waals surface area contributed by atoms with Gasteiger partial charge >= 0.3 is 0 Å². The number of nitrogens with zero attached hydrogens (tertiary/aromatic N) is 2. The number of aromatic nitrogens is 2. The van der Waals surface area contributed by atoms with Crippen molar-refractivity contribution in [3.05, 3.63) is 11.9 Å². The molecular formula is C14H26N4O. The monoisotopic (exact) mass is 266 g/mol. The smallest absolute Gasteiger partial charge is 0.138 e. The molecule has 0 radical (unpaired) electrons. The van der Waals surface area contributed by atoms with Gasteiger partial charge < -0.3 is 15.4 Å². The van der Waals surface area contributed by atoms with Gasteiger partial charge in [-0.3, -0.25) is 0 Å². The molecule has 0 atom stereocenters. The number of rotatable bonds is 7. The van der Waals surface area contributed by atoms with Crippen molar-refractivity contribution in [2.24, 2.45) is 0 Å². The first kappa shape index (κ1) is 15.7. The molecule has 0 aromatic carbocycles. The Morgan fingerprint density at radius 3 is 2.47 bits per heavy atom. The fourth-order valence-electron chi connectivity index (χ4n) is 1.54. The predicted octanol–water partition coefficient (Wildman–Crippen LogP) is 2.65. The van der Waals surface area contributed by atoms with Crippen LogP contribution in [0, 0.1) is 0 Å². The van der Waals surface area contributed by atoms with Crippen molar-refractivity contribution in [1.29, 1.82) is 0 Å². The van der Waals surface area contributed by atoms with E-state index in [9.17, 15) is 0 Å². The third-order valence-corrected chi connectivity index (χ3v) is 2.63. The number of ether oxygens (including phenoxy) is 1. The summed E-state index contributed by atoms with van der Waals surface area (Å²) in [4.78, 5) is 9.06. The summed E-state index contributed by atoms with van der Waals surface area (Å²) in [6.07, 6.45) is 0.970. The van der Waals surface area contributed by atoms with Crippen LogP contribution in [0.3, 0.4) is 0 Å². The number of hydrogen-bond donors (Lipinski definition) is 2. The zero-order valence-electron chi connectivity index (χ0n) is 12.7. The molecule has 108 valence electrons. The molecule has 0 aliphatic carbocycles. The topological polar surface area (TPSA) is 59.1 Å². The Bertz CT molecular complexity index is 388. The molecule has 19 heavy (non-hydrogen) atoms. The summed E-state index contributed by atoms with van der Waals surface area (Å²) in [6.45, 7) is 10.7. The van der Waals surface area contributed by atoms with E-state index < -0.39 is 0 Å². The lowest BCUT2D eigenvalue weighted by Gasteiger charge is -2.18. The van der Waals surface area contributed by atoms with Crippen LogP contribution in [0.25, 0.3) is 0 Å². The Morgan fingerprint density at radius 1 is 1.21 bits per heavy atom. The maximum atomic E-state index is 5.31. The summed E-state index contributed by atoms with van der Waals surface area (Å²) in [7, 11) is 1.87. The van der Waals surface area contributed by atoms with Gasteiger partial charge in [-0.1, -0.05) is 20.8 Å². The molecule has 0 amide bonds. The van der Waals surface area contributed by atoms with Gasteiger partial charge in [0.05, 0.1) is 0 Å². The highest BCUT2D eigenvalue weighted by Gasteiger charge is 2.18. The van der Waals surface area contributed by atoms with Crippen molar-refractivity contribution in [3.8, 4) is 0 Å². The molecule has 0 bridgehead atoms. The Labute approximate surface area is 116 Å². The Kier molecular flexibility index (Phi) is 6.02. The fraction of sp³-hybridized carbons (Fsp3) is 0.714. The maximum absolute atomic E-state index is 5.31. The number of anilines is 2. The molecule has 0 fully saturated rings. The summed E-state index contributed by atoms with van der Waals surface area (Å²) < 4.78 is 5.31. The van der Waals surface area contributed by atoms with Gasteiger partial charge in [0.25, 0.3) is 0 Å². The lowest BCUT2D eigenvalue weighted by atomic mass is 9.96. The molecule has 0 saturated carbocycles. The van der Waals surface area contributed by atoms with E-state index >= 15 is 0 Å². The average Bonchev–Trinajstić information content (AvgIpc) is 2.37. The molecule has 1 heterocycles.